The zero-order chi connectivity index (χ0) is 11.6. The van der Waals surface area contributed by atoms with Gasteiger partial charge in [0, 0.05) is 19.3 Å². The van der Waals surface area contributed by atoms with E-state index in [1.54, 1.807) is 12.4 Å². The Balaban J connectivity index is 2.13. The Labute approximate surface area is 99.4 Å². The molecule has 0 unspecified atom stereocenters. The maximum atomic E-state index is 11.3. The van der Waals surface area contributed by atoms with Crippen molar-refractivity contribution in [1.29, 1.82) is 0 Å². The first-order chi connectivity index (χ1) is 7.61. The van der Waals surface area contributed by atoms with Crippen molar-refractivity contribution in [2.75, 3.05) is 29.5 Å². The lowest BCUT2D eigenvalue weighted by atomic mass is 10.4. The van der Waals surface area contributed by atoms with Gasteiger partial charge in [-0.05, 0) is 0 Å². The van der Waals surface area contributed by atoms with E-state index in [9.17, 15) is 8.42 Å². The van der Waals surface area contributed by atoms with Crippen molar-refractivity contribution in [3.8, 4) is 0 Å². The number of anilines is 1. The molecule has 1 aromatic heterocycles. The summed E-state index contributed by atoms with van der Waals surface area (Å²) in [7, 11) is -2.86. The summed E-state index contributed by atoms with van der Waals surface area (Å²) in [6.45, 7) is 0.950. The normalized spacial score (nSPS) is 19.7. The first kappa shape index (κ1) is 11.6. The van der Waals surface area contributed by atoms with Crippen molar-refractivity contribution < 1.29 is 8.42 Å². The molecule has 1 aliphatic rings. The average Bonchev–Trinajstić information content (AvgIpc) is 2.29. The standard InChI is InChI=1S/C9H12ClN3O2S/c10-5-8-6-11-7-9(12-8)13-1-3-16(14,15)4-2-13/h6-7H,1-5H2. The number of halogens is 1. The Hall–Kier alpha value is -0.880. The van der Waals surface area contributed by atoms with E-state index in [1.165, 1.54) is 0 Å². The second-order valence-corrected chi connectivity index (χ2v) is 6.21. The summed E-state index contributed by atoms with van der Waals surface area (Å²) in [5.41, 5.74) is 0.701. The molecule has 1 aliphatic heterocycles. The van der Waals surface area contributed by atoms with Gasteiger partial charge in [-0.1, -0.05) is 0 Å². The maximum absolute atomic E-state index is 11.3. The van der Waals surface area contributed by atoms with Gasteiger partial charge >= 0.3 is 0 Å². The summed E-state index contributed by atoms with van der Waals surface area (Å²) in [6, 6.07) is 0. The highest BCUT2D eigenvalue weighted by Crippen LogP contribution is 2.14. The molecule has 0 bridgehead atoms. The van der Waals surface area contributed by atoms with Crippen molar-refractivity contribution in [3.63, 3.8) is 0 Å². The molecule has 0 aromatic carbocycles. The number of aromatic nitrogens is 2. The molecule has 88 valence electrons. The van der Waals surface area contributed by atoms with Gasteiger partial charge in [0.1, 0.15) is 5.82 Å². The predicted molar refractivity (Wildman–Crippen MR) is 62.5 cm³/mol. The SMILES string of the molecule is O=S1(=O)CCN(c2cncc(CCl)n2)CC1. The predicted octanol–water partition coefficient (Wildman–Crippen LogP) is 0.450. The molecule has 0 atom stereocenters. The number of hydrogen-bond acceptors (Lipinski definition) is 5. The van der Waals surface area contributed by atoms with Crippen LogP contribution in [-0.4, -0.2) is 43.0 Å². The number of nitrogens with zero attached hydrogens (tertiary/aromatic N) is 3. The minimum Gasteiger partial charge on any atom is -0.353 e. The van der Waals surface area contributed by atoms with Gasteiger partial charge in [-0.15, -0.1) is 11.6 Å². The summed E-state index contributed by atoms with van der Waals surface area (Å²) < 4.78 is 22.5. The number of alkyl halides is 1. The third-order valence-corrected chi connectivity index (χ3v) is 4.36. The Morgan fingerprint density at radius 1 is 1.31 bits per heavy atom. The molecule has 5 nitrogen and oxygen atoms in total. The van der Waals surface area contributed by atoms with Gasteiger partial charge in [-0.2, -0.15) is 0 Å². The van der Waals surface area contributed by atoms with E-state index >= 15 is 0 Å². The molecule has 0 spiro atoms. The quantitative estimate of drug-likeness (QED) is 0.724. The second-order valence-electron chi connectivity index (χ2n) is 3.64. The molecule has 0 amide bonds. The fourth-order valence-electron chi connectivity index (χ4n) is 1.55. The molecule has 7 heteroatoms. The van der Waals surface area contributed by atoms with Crippen LogP contribution in [0.25, 0.3) is 0 Å². The molecule has 1 fully saturated rings. The van der Waals surface area contributed by atoms with Gasteiger partial charge in [0.25, 0.3) is 0 Å². The molecule has 16 heavy (non-hydrogen) atoms. The van der Waals surface area contributed by atoms with Crippen molar-refractivity contribution in [2.45, 2.75) is 5.88 Å². The van der Waals surface area contributed by atoms with Crippen LogP contribution in [0, 0.1) is 0 Å². The lowest BCUT2D eigenvalue weighted by molar-refractivity contribution is 0.586. The Kier molecular flexibility index (Phi) is 3.30. The van der Waals surface area contributed by atoms with Gasteiger partial charge in [-0.3, -0.25) is 4.98 Å². The molecule has 2 rings (SSSR count). The molecule has 1 aromatic rings. The molecule has 0 aliphatic carbocycles. The summed E-state index contributed by atoms with van der Waals surface area (Å²) >= 11 is 5.67. The van der Waals surface area contributed by atoms with E-state index < -0.39 is 9.84 Å². The lowest BCUT2D eigenvalue weighted by Crippen LogP contribution is -2.40. The minimum atomic E-state index is -2.86. The zero-order valence-electron chi connectivity index (χ0n) is 8.63. The highest BCUT2D eigenvalue weighted by atomic mass is 35.5. The van der Waals surface area contributed by atoms with Crippen LogP contribution >= 0.6 is 11.6 Å². The molecule has 0 radical (unpaired) electrons. The topological polar surface area (TPSA) is 63.2 Å². The van der Waals surface area contributed by atoms with Crippen molar-refractivity contribution in [2.24, 2.45) is 0 Å². The third kappa shape index (κ3) is 2.62. The Bertz CT molecular complexity index is 463. The van der Waals surface area contributed by atoms with E-state index in [0.29, 0.717) is 30.5 Å². The number of hydrogen-bond donors (Lipinski definition) is 0. The Morgan fingerprint density at radius 3 is 2.62 bits per heavy atom. The van der Waals surface area contributed by atoms with Crippen LogP contribution in [0.4, 0.5) is 5.82 Å². The van der Waals surface area contributed by atoms with Crippen molar-refractivity contribution in [3.05, 3.63) is 18.1 Å². The van der Waals surface area contributed by atoms with Crippen LogP contribution in [0.3, 0.4) is 0 Å². The van der Waals surface area contributed by atoms with E-state index in [2.05, 4.69) is 9.97 Å². The minimum absolute atomic E-state index is 0.180. The second kappa shape index (κ2) is 4.55. The largest absolute Gasteiger partial charge is 0.353 e. The van der Waals surface area contributed by atoms with Crippen molar-refractivity contribution >= 4 is 27.3 Å². The van der Waals surface area contributed by atoms with E-state index in [0.717, 1.165) is 0 Å². The smallest absolute Gasteiger partial charge is 0.153 e. The number of rotatable bonds is 2. The molecular formula is C9H12ClN3O2S. The number of sulfone groups is 1. The summed E-state index contributed by atoms with van der Waals surface area (Å²) in [6.07, 6.45) is 3.24. The Morgan fingerprint density at radius 2 is 2.00 bits per heavy atom. The highest BCUT2D eigenvalue weighted by molar-refractivity contribution is 7.91. The lowest BCUT2D eigenvalue weighted by Gasteiger charge is -2.27. The monoisotopic (exact) mass is 261 g/mol. The van der Waals surface area contributed by atoms with Gasteiger partial charge in [0.2, 0.25) is 0 Å². The maximum Gasteiger partial charge on any atom is 0.153 e. The zero-order valence-corrected chi connectivity index (χ0v) is 10.2. The van der Waals surface area contributed by atoms with Crippen LogP contribution in [0.2, 0.25) is 0 Å². The fraction of sp³-hybridized carbons (Fsp3) is 0.556. The fourth-order valence-corrected chi connectivity index (χ4v) is 2.88. The van der Waals surface area contributed by atoms with Crippen LogP contribution < -0.4 is 4.90 Å². The molecule has 0 N–H and O–H groups in total. The van der Waals surface area contributed by atoms with Crippen LogP contribution in [0.15, 0.2) is 12.4 Å². The van der Waals surface area contributed by atoms with Gasteiger partial charge in [0.15, 0.2) is 9.84 Å². The van der Waals surface area contributed by atoms with E-state index in [4.69, 9.17) is 11.6 Å². The van der Waals surface area contributed by atoms with E-state index in [1.807, 2.05) is 4.90 Å². The van der Waals surface area contributed by atoms with Crippen LogP contribution in [0.5, 0.6) is 0 Å². The van der Waals surface area contributed by atoms with Crippen molar-refractivity contribution in [1.82, 2.24) is 9.97 Å². The van der Waals surface area contributed by atoms with Crippen LogP contribution in [-0.2, 0) is 15.7 Å². The van der Waals surface area contributed by atoms with Gasteiger partial charge in [-0.25, -0.2) is 13.4 Å². The van der Waals surface area contributed by atoms with Crippen LogP contribution in [0.1, 0.15) is 5.69 Å². The third-order valence-electron chi connectivity index (χ3n) is 2.48. The first-order valence-electron chi connectivity index (χ1n) is 4.93. The molecular weight excluding hydrogens is 250 g/mol. The van der Waals surface area contributed by atoms with E-state index in [-0.39, 0.29) is 11.5 Å². The van der Waals surface area contributed by atoms with Gasteiger partial charge < -0.3 is 4.90 Å². The highest BCUT2D eigenvalue weighted by Gasteiger charge is 2.22. The first-order valence-corrected chi connectivity index (χ1v) is 7.28. The average molecular weight is 262 g/mol. The summed E-state index contributed by atoms with van der Waals surface area (Å²) in [5.74, 6) is 1.38. The molecule has 2 heterocycles. The molecule has 1 saturated heterocycles. The summed E-state index contributed by atoms with van der Waals surface area (Å²) in [4.78, 5) is 10.2. The van der Waals surface area contributed by atoms with Gasteiger partial charge in [0.05, 0.1) is 29.3 Å². The molecule has 0 saturated carbocycles. The summed E-state index contributed by atoms with van der Waals surface area (Å²) in [5, 5.41) is 0.